The summed E-state index contributed by atoms with van der Waals surface area (Å²) < 4.78 is 5.75. The van der Waals surface area contributed by atoms with E-state index >= 15 is 0 Å². The lowest BCUT2D eigenvalue weighted by molar-refractivity contribution is -0.384. The van der Waals surface area contributed by atoms with Crippen molar-refractivity contribution in [1.82, 2.24) is 15.1 Å². The van der Waals surface area contributed by atoms with Gasteiger partial charge in [0.2, 0.25) is 11.8 Å². The van der Waals surface area contributed by atoms with Crippen molar-refractivity contribution in [2.45, 2.75) is 39.7 Å². The SMILES string of the molecule is CC(C)Cc1ccc(C(=O)C2CCN(Cc3nnc(-c4ccc([N+](=O)[O-])cc4)o3)CC2)cc1. The van der Waals surface area contributed by atoms with Crippen molar-refractivity contribution in [2.75, 3.05) is 13.1 Å². The molecule has 4 rings (SSSR count). The van der Waals surface area contributed by atoms with Crippen LogP contribution in [0, 0.1) is 22.0 Å². The van der Waals surface area contributed by atoms with Crippen molar-refractivity contribution < 1.29 is 14.1 Å². The minimum Gasteiger partial charge on any atom is -0.419 e. The van der Waals surface area contributed by atoms with E-state index in [0.717, 1.165) is 37.9 Å². The number of Topliss-reactive ketones (excluding diaryl/α,β-unsaturated/α-hetero) is 1. The normalized spacial score (nSPS) is 15.1. The molecular weight excluding hydrogens is 420 g/mol. The number of hydrogen-bond acceptors (Lipinski definition) is 7. The lowest BCUT2D eigenvalue weighted by atomic mass is 9.88. The van der Waals surface area contributed by atoms with Crippen molar-refractivity contribution in [1.29, 1.82) is 0 Å². The maximum atomic E-state index is 12.9. The second-order valence-corrected chi connectivity index (χ2v) is 9.01. The van der Waals surface area contributed by atoms with Crippen molar-refractivity contribution in [2.24, 2.45) is 11.8 Å². The first-order valence-electron chi connectivity index (χ1n) is 11.3. The molecule has 0 amide bonds. The van der Waals surface area contributed by atoms with Gasteiger partial charge in [-0.2, -0.15) is 0 Å². The molecule has 0 unspecified atom stereocenters. The molecule has 0 saturated carbocycles. The van der Waals surface area contributed by atoms with Crippen LogP contribution in [0.1, 0.15) is 48.5 Å². The van der Waals surface area contributed by atoms with Gasteiger partial charge in [-0.25, -0.2) is 0 Å². The first-order valence-corrected chi connectivity index (χ1v) is 11.3. The highest BCUT2D eigenvalue weighted by Gasteiger charge is 2.26. The summed E-state index contributed by atoms with van der Waals surface area (Å²) in [6.07, 6.45) is 2.63. The Bertz CT molecular complexity index is 1100. The number of rotatable bonds is 8. The first-order chi connectivity index (χ1) is 15.9. The van der Waals surface area contributed by atoms with Crippen molar-refractivity contribution in [3.63, 3.8) is 0 Å². The average molecular weight is 449 g/mol. The van der Waals surface area contributed by atoms with E-state index in [0.29, 0.717) is 29.8 Å². The van der Waals surface area contributed by atoms with Crippen LogP contribution < -0.4 is 0 Å². The Hall–Kier alpha value is -3.39. The molecule has 172 valence electrons. The third kappa shape index (κ3) is 5.70. The molecule has 2 aromatic carbocycles. The summed E-state index contributed by atoms with van der Waals surface area (Å²) in [7, 11) is 0. The van der Waals surface area contributed by atoms with E-state index in [2.05, 4.69) is 41.1 Å². The zero-order valence-electron chi connectivity index (χ0n) is 18.9. The fraction of sp³-hybridized carbons (Fsp3) is 0.400. The van der Waals surface area contributed by atoms with Gasteiger partial charge in [-0.1, -0.05) is 38.1 Å². The smallest absolute Gasteiger partial charge is 0.269 e. The van der Waals surface area contributed by atoms with Gasteiger partial charge in [0.25, 0.3) is 5.69 Å². The summed E-state index contributed by atoms with van der Waals surface area (Å²) in [6, 6.07) is 14.1. The van der Waals surface area contributed by atoms with Crippen molar-refractivity contribution >= 4 is 11.5 Å². The van der Waals surface area contributed by atoms with Crippen molar-refractivity contribution in [3.8, 4) is 11.5 Å². The van der Waals surface area contributed by atoms with E-state index in [1.165, 1.54) is 17.7 Å². The highest BCUT2D eigenvalue weighted by Crippen LogP contribution is 2.25. The molecule has 0 aliphatic carbocycles. The minimum atomic E-state index is -0.445. The van der Waals surface area contributed by atoms with Gasteiger partial charge >= 0.3 is 0 Å². The number of carbonyl (C=O) groups is 1. The minimum absolute atomic E-state index is 0.0161. The molecular formula is C25H28N4O4. The van der Waals surface area contributed by atoms with Crippen molar-refractivity contribution in [3.05, 3.63) is 75.7 Å². The molecule has 1 aromatic heterocycles. The molecule has 3 aromatic rings. The Morgan fingerprint density at radius 3 is 2.36 bits per heavy atom. The third-order valence-corrected chi connectivity index (χ3v) is 5.99. The molecule has 8 nitrogen and oxygen atoms in total. The predicted molar refractivity (Wildman–Crippen MR) is 124 cm³/mol. The highest BCUT2D eigenvalue weighted by atomic mass is 16.6. The van der Waals surface area contributed by atoms with E-state index in [4.69, 9.17) is 4.42 Å². The summed E-state index contributed by atoms with van der Waals surface area (Å²) >= 11 is 0. The molecule has 1 aliphatic rings. The topological polar surface area (TPSA) is 102 Å². The Labute approximate surface area is 192 Å². The molecule has 1 saturated heterocycles. The Kier molecular flexibility index (Phi) is 6.93. The van der Waals surface area contributed by atoms with Crippen LogP contribution >= 0.6 is 0 Å². The maximum Gasteiger partial charge on any atom is 0.269 e. The first kappa shape index (κ1) is 22.8. The molecule has 0 atom stereocenters. The van der Waals surface area contributed by atoms with Crippen LogP contribution in [-0.2, 0) is 13.0 Å². The van der Waals surface area contributed by atoms with Gasteiger partial charge in [0.1, 0.15) is 0 Å². The third-order valence-electron chi connectivity index (χ3n) is 5.99. The Balaban J connectivity index is 1.30. The van der Waals surface area contributed by atoms with Gasteiger partial charge in [0.15, 0.2) is 5.78 Å². The number of nitro benzene ring substituents is 1. The van der Waals surface area contributed by atoms with Gasteiger partial charge in [0, 0.05) is 29.2 Å². The summed E-state index contributed by atoms with van der Waals surface area (Å²) in [5.41, 5.74) is 2.72. The summed E-state index contributed by atoms with van der Waals surface area (Å²) in [5, 5.41) is 19.0. The van der Waals surface area contributed by atoms with E-state index < -0.39 is 4.92 Å². The fourth-order valence-electron chi connectivity index (χ4n) is 4.22. The summed E-state index contributed by atoms with van der Waals surface area (Å²) in [6.45, 7) is 6.48. The summed E-state index contributed by atoms with van der Waals surface area (Å²) in [5.74, 6) is 1.69. The molecule has 8 heteroatoms. The van der Waals surface area contributed by atoms with Crippen LogP contribution in [0.5, 0.6) is 0 Å². The molecule has 0 radical (unpaired) electrons. The number of carbonyl (C=O) groups excluding carboxylic acids is 1. The molecule has 0 spiro atoms. The summed E-state index contributed by atoms with van der Waals surface area (Å²) in [4.78, 5) is 25.5. The van der Waals surface area contributed by atoms with Crippen LogP contribution in [0.2, 0.25) is 0 Å². The number of aromatic nitrogens is 2. The Morgan fingerprint density at radius 1 is 1.09 bits per heavy atom. The van der Waals surface area contributed by atoms with Crippen LogP contribution in [0.3, 0.4) is 0 Å². The number of ketones is 1. The van der Waals surface area contributed by atoms with Crippen LogP contribution in [0.15, 0.2) is 52.9 Å². The van der Waals surface area contributed by atoms with Gasteiger partial charge in [-0.3, -0.25) is 19.8 Å². The van der Waals surface area contributed by atoms with Crippen LogP contribution in [-0.4, -0.2) is 38.9 Å². The number of benzene rings is 2. The number of non-ortho nitro benzene ring substituents is 1. The molecule has 1 fully saturated rings. The monoisotopic (exact) mass is 448 g/mol. The zero-order chi connectivity index (χ0) is 23.4. The van der Waals surface area contributed by atoms with E-state index in [1.54, 1.807) is 12.1 Å². The number of nitro groups is 1. The van der Waals surface area contributed by atoms with Gasteiger partial charge in [0.05, 0.1) is 11.5 Å². The predicted octanol–water partition coefficient (Wildman–Crippen LogP) is 4.94. The molecule has 2 heterocycles. The van der Waals surface area contributed by atoms with E-state index in [9.17, 15) is 14.9 Å². The number of piperidine rings is 1. The number of nitrogens with zero attached hydrogens (tertiary/aromatic N) is 4. The van der Waals surface area contributed by atoms with Gasteiger partial charge < -0.3 is 4.42 Å². The highest BCUT2D eigenvalue weighted by molar-refractivity contribution is 5.97. The van der Waals surface area contributed by atoms with E-state index in [-0.39, 0.29) is 17.4 Å². The second kappa shape index (κ2) is 10.0. The fourth-order valence-corrected chi connectivity index (χ4v) is 4.22. The van der Waals surface area contributed by atoms with Gasteiger partial charge in [-0.05, 0) is 56.0 Å². The number of hydrogen-bond donors (Lipinski definition) is 0. The molecule has 0 bridgehead atoms. The molecule has 33 heavy (non-hydrogen) atoms. The standard InChI is InChI=1S/C25H28N4O4/c1-17(2)15-18-3-5-19(6-4-18)24(30)20-11-13-28(14-12-20)16-23-26-27-25(33-23)21-7-9-22(10-8-21)29(31)32/h3-10,17,20H,11-16H2,1-2H3. The quantitative estimate of drug-likeness (QED) is 0.273. The van der Waals surface area contributed by atoms with Gasteiger partial charge in [-0.15, -0.1) is 10.2 Å². The maximum absolute atomic E-state index is 12.9. The lowest BCUT2D eigenvalue weighted by Gasteiger charge is -2.30. The molecule has 1 aliphatic heterocycles. The van der Waals surface area contributed by atoms with E-state index in [1.807, 2.05) is 12.1 Å². The van der Waals surface area contributed by atoms with Crippen LogP contribution in [0.25, 0.3) is 11.5 Å². The largest absolute Gasteiger partial charge is 0.419 e. The zero-order valence-corrected chi connectivity index (χ0v) is 18.9. The molecule has 0 N–H and O–H groups in total. The van der Waals surface area contributed by atoms with Crippen LogP contribution in [0.4, 0.5) is 5.69 Å². The number of likely N-dealkylation sites (tertiary alicyclic amines) is 1. The average Bonchev–Trinajstić information content (AvgIpc) is 3.28. The second-order valence-electron chi connectivity index (χ2n) is 9.01. The Morgan fingerprint density at radius 2 is 1.76 bits per heavy atom. The lowest BCUT2D eigenvalue weighted by Crippen LogP contribution is -2.36.